The van der Waals surface area contributed by atoms with Crippen LogP contribution in [-0.2, 0) is 9.59 Å². The van der Waals surface area contributed by atoms with Gasteiger partial charge in [0.1, 0.15) is 5.75 Å². The molecule has 0 N–H and O–H groups in total. The summed E-state index contributed by atoms with van der Waals surface area (Å²) in [5.41, 5.74) is 1.79. The van der Waals surface area contributed by atoms with Gasteiger partial charge in [0.15, 0.2) is 0 Å². The van der Waals surface area contributed by atoms with Crippen LogP contribution in [0.25, 0.3) is 11.1 Å². The minimum absolute atomic E-state index is 0.142. The molecule has 1 amide bonds. The molecule has 0 spiro atoms. The van der Waals surface area contributed by atoms with E-state index in [4.69, 9.17) is 4.74 Å². The normalized spacial score (nSPS) is 15.4. The highest BCUT2D eigenvalue weighted by atomic mass is 79.9. The fourth-order valence-electron chi connectivity index (χ4n) is 3.35. The second kappa shape index (κ2) is 8.48. The first kappa shape index (κ1) is 20.6. The SMILES string of the molecule is CC(C)(C)C(=O)N1CCC(C(=O)Oc2ccc(-c3ccc(Br)cc3)cc2)CC1. The van der Waals surface area contributed by atoms with Crippen molar-refractivity contribution in [2.24, 2.45) is 11.3 Å². The Hall–Kier alpha value is -2.14. The first-order valence-electron chi connectivity index (χ1n) is 9.61. The smallest absolute Gasteiger partial charge is 0.314 e. The third-order valence-corrected chi connectivity index (χ3v) is 5.54. The van der Waals surface area contributed by atoms with Gasteiger partial charge in [0.25, 0.3) is 0 Å². The topological polar surface area (TPSA) is 46.6 Å². The van der Waals surface area contributed by atoms with E-state index in [1.807, 2.05) is 74.2 Å². The van der Waals surface area contributed by atoms with Crippen molar-refractivity contribution < 1.29 is 14.3 Å². The number of amides is 1. The number of benzene rings is 2. The monoisotopic (exact) mass is 443 g/mol. The van der Waals surface area contributed by atoms with Gasteiger partial charge in [-0.25, -0.2) is 0 Å². The minimum Gasteiger partial charge on any atom is -0.426 e. The highest BCUT2D eigenvalue weighted by Crippen LogP contribution is 2.27. The molecule has 28 heavy (non-hydrogen) atoms. The van der Waals surface area contributed by atoms with Crippen molar-refractivity contribution in [1.82, 2.24) is 4.90 Å². The number of likely N-dealkylation sites (tertiary alicyclic amines) is 1. The molecule has 0 saturated carbocycles. The first-order chi connectivity index (χ1) is 13.2. The third kappa shape index (κ3) is 5.02. The van der Waals surface area contributed by atoms with Crippen LogP contribution in [0.3, 0.4) is 0 Å². The largest absolute Gasteiger partial charge is 0.426 e. The van der Waals surface area contributed by atoms with Crippen LogP contribution in [0.15, 0.2) is 53.0 Å². The van der Waals surface area contributed by atoms with Gasteiger partial charge in [-0.15, -0.1) is 0 Å². The van der Waals surface area contributed by atoms with Crippen molar-refractivity contribution >= 4 is 27.8 Å². The summed E-state index contributed by atoms with van der Waals surface area (Å²) in [6.07, 6.45) is 1.30. The zero-order chi connectivity index (χ0) is 20.3. The molecular formula is C23H26BrNO3. The fourth-order valence-corrected chi connectivity index (χ4v) is 3.61. The van der Waals surface area contributed by atoms with Crippen molar-refractivity contribution in [3.8, 4) is 16.9 Å². The van der Waals surface area contributed by atoms with Gasteiger partial charge in [0, 0.05) is 23.0 Å². The summed E-state index contributed by atoms with van der Waals surface area (Å²) in [6.45, 7) is 6.99. The molecule has 0 aliphatic carbocycles. The summed E-state index contributed by atoms with van der Waals surface area (Å²) in [4.78, 5) is 26.7. The van der Waals surface area contributed by atoms with E-state index >= 15 is 0 Å². The molecule has 0 bridgehead atoms. The molecule has 0 radical (unpaired) electrons. The number of esters is 1. The molecule has 4 nitrogen and oxygen atoms in total. The average Bonchev–Trinajstić information content (AvgIpc) is 2.68. The van der Waals surface area contributed by atoms with Crippen molar-refractivity contribution in [3.05, 3.63) is 53.0 Å². The molecule has 5 heteroatoms. The van der Waals surface area contributed by atoms with Gasteiger partial charge in [0.05, 0.1) is 5.92 Å². The molecule has 0 aromatic heterocycles. The lowest BCUT2D eigenvalue weighted by molar-refractivity contribution is -0.146. The maximum absolute atomic E-state index is 12.5. The predicted octanol–water partition coefficient (Wildman–Crippen LogP) is 5.31. The van der Waals surface area contributed by atoms with Crippen molar-refractivity contribution in [3.63, 3.8) is 0 Å². The number of carbonyl (C=O) groups is 2. The summed E-state index contributed by atoms with van der Waals surface area (Å²) >= 11 is 3.44. The van der Waals surface area contributed by atoms with Crippen LogP contribution in [0.4, 0.5) is 0 Å². The van der Waals surface area contributed by atoms with Gasteiger partial charge >= 0.3 is 5.97 Å². The number of hydrogen-bond acceptors (Lipinski definition) is 3. The van der Waals surface area contributed by atoms with E-state index in [2.05, 4.69) is 15.9 Å². The average molecular weight is 444 g/mol. The Morgan fingerprint density at radius 2 is 1.43 bits per heavy atom. The molecule has 1 aliphatic rings. The molecule has 1 saturated heterocycles. The van der Waals surface area contributed by atoms with Crippen LogP contribution in [0, 0.1) is 11.3 Å². The second-order valence-corrected chi connectivity index (χ2v) is 9.18. The Morgan fingerprint density at radius 1 is 0.929 bits per heavy atom. The number of hydrogen-bond donors (Lipinski definition) is 0. The molecule has 1 aliphatic heterocycles. The first-order valence-corrected chi connectivity index (χ1v) is 10.4. The molecule has 1 fully saturated rings. The highest BCUT2D eigenvalue weighted by molar-refractivity contribution is 9.10. The third-order valence-electron chi connectivity index (χ3n) is 5.01. The Morgan fingerprint density at radius 3 is 1.93 bits per heavy atom. The lowest BCUT2D eigenvalue weighted by Crippen LogP contribution is -2.45. The summed E-state index contributed by atoms with van der Waals surface area (Å²) in [5.74, 6) is 0.330. The molecule has 3 rings (SSSR count). The molecule has 0 atom stereocenters. The highest BCUT2D eigenvalue weighted by Gasteiger charge is 2.33. The lowest BCUT2D eigenvalue weighted by atomic mass is 9.91. The number of piperidine rings is 1. The molecule has 148 valence electrons. The number of nitrogens with zero attached hydrogens (tertiary/aromatic N) is 1. The Bertz CT molecular complexity index is 830. The molecule has 2 aromatic carbocycles. The number of halogens is 1. The Kier molecular flexibility index (Phi) is 6.23. The van der Waals surface area contributed by atoms with Crippen molar-refractivity contribution in [1.29, 1.82) is 0 Å². The standard InChI is InChI=1S/C23H26BrNO3/c1-23(2,3)22(27)25-14-12-18(13-15-25)21(26)28-20-10-6-17(7-11-20)16-4-8-19(24)9-5-16/h4-11,18H,12-15H2,1-3H3. The van der Waals surface area contributed by atoms with Gasteiger partial charge in [-0.2, -0.15) is 0 Å². The number of rotatable bonds is 3. The maximum atomic E-state index is 12.5. The van der Waals surface area contributed by atoms with E-state index < -0.39 is 0 Å². The minimum atomic E-state index is -0.385. The molecule has 2 aromatic rings. The summed E-state index contributed by atoms with van der Waals surface area (Å²) in [6, 6.07) is 15.6. The van der Waals surface area contributed by atoms with E-state index in [0.29, 0.717) is 31.7 Å². The molecule has 1 heterocycles. The quantitative estimate of drug-likeness (QED) is 0.477. The van der Waals surface area contributed by atoms with Gasteiger partial charge in [-0.05, 0) is 48.2 Å². The van der Waals surface area contributed by atoms with E-state index in [0.717, 1.165) is 15.6 Å². The van der Waals surface area contributed by atoms with Gasteiger partial charge < -0.3 is 9.64 Å². The maximum Gasteiger partial charge on any atom is 0.314 e. The van der Waals surface area contributed by atoms with Crippen molar-refractivity contribution in [2.75, 3.05) is 13.1 Å². The van der Waals surface area contributed by atoms with Crippen LogP contribution in [0.2, 0.25) is 0 Å². The summed E-state index contributed by atoms with van der Waals surface area (Å²) < 4.78 is 6.62. The van der Waals surface area contributed by atoms with Crippen LogP contribution in [0.1, 0.15) is 33.6 Å². The molecular weight excluding hydrogens is 418 g/mol. The Labute approximate surface area is 175 Å². The van der Waals surface area contributed by atoms with Crippen LogP contribution in [-0.4, -0.2) is 29.9 Å². The number of carbonyl (C=O) groups excluding carboxylic acids is 2. The van der Waals surface area contributed by atoms with E-state index in [9.17, 15) is 9.59 Å². The lowest BCUT2D eigenvalue weighted by Gasteiger charge is -2.34. The van der Waals surface area contributed by atoms with E-state index in [1.54, 1.807) is 0 Å². The van der Waals surface area contributed by atoms with Crippen molar-refractivity contribution in [2.45, 2.75) is 33.6 Å². The predicted molar refractivity (Wildman–Crippen MR) is 114 cm³/mol. The summed E-state index contributed by atoms with van der Waals surface area (Å²) in [7, 11) is 0. The van der Waals surface area contributed by atoms with Crippen LogP contribution >= 0.6 is 15.9 Å². The number of ether oxygens (including phenoxy) is 1. The van der Waals surface area contributed by atoms with Gasteiger partial charge in [0.2, 0.25) is 5.91 Å². The van der Waals surface area contributed by atoms with E-state index in [1.165, 1.54) is 0 Å². The van der Waals surface area contributed by atoms with Crippen LogP contribution < -0.4 is 4.74 Å². The van der Waals surface area contributed by atoms with Gasteiger partial charge in [-0.3, -0.25) is 9.59 Å². The second-order valence-electron chi connectivity index (χ2n) is 8.27. The van der Waals surface area contributed by atoms with Crippen LogP contribution in [0.5, 0.6) is 5.75 Å². The fraction of sp³-hybridized carbons (Fsp3) is 0.391. The molecule has 0 unspecified atom stereocenters. The Balaban J connectivity index is 1.55. The summed E-state index contributed by atoms with van der Waals surface area (Å²) in [5, 5.41) is 0. The van der Waals surface area contributed by atoms with Gasteiger partial charge in [-0.1, -0.05) is 61.0 Å². The zero-order valence-electron chi connectivity index (χ0n) is 16.6. The van der Waals surface area contributed by atoms with E-state index in [-0.39, 0.29) is 23.2 Å². The zero-order valence-corrected chi connectivity index (χ0v) is 18.2.